The van der Waals surface area contributed by atoms with Gasteiger partial charge in [0, 0.05) is 43.4 Å². The summed E-state index contributed by atoms with van der Waals surface area (Å²) in [6, 6.07) is 5.60. The summed E-state index contributed by atoms with van der Waals surface area (Å²) in [6.07, 6.45) is 6.97. The molecule has 3 aromatic heterocycles. The van der Waals surface area contributed by atoms with Gasteiger partial charge in [0.1, 0.15) is 11.5 Å². The number of hydrogen-bond donors (Lipinski definition) is 0. The fourth-order valence-corrected chi connectivity index (χ4v) is 3.42. The van der Waals surface area contributed by atoms with E-state index in [0.717, 1.165) is 36.4 Å². The first-order chi connectivity index (χ1) is 13.2. The van der Waals surface area contributed by atoms with Crippen molar-refractivity contribution in [2.75, 3.05) is 6.54 Å². The van der Waals surface area contributed by atoms with Crippen molar-refractivity contribution in [3.63, 3.8) is 0 Å². The summed E-state index contributed by atoms with van der Waals surface area (Å²) in [4.78, 5) is 22.9. The number of amides is 1. The minimum absolute atomic E-state index is 0.0247. The molecule has 0 unspecified atom stereocenters. The summed E-state index contributed by atoms with van der Waals surface area (Å²) in [5, 5.41) is 8.07. The van der Waals surface area contributed by atoms with Gasteiger partial charge in [0.25, 0.3) is 0 Å². The minimum atomic E-state index is 0.0247. The molecule has 8 nitrogen and oxygen atoms in total. The lowest BCUT2D eigenvalue weighted by Gasteiger charge is -2.22. The Morgan fingerprint density at radius 2 is 2.11 bits per heavy atom. The van der Waals surface area contributed by atoms with Crippen molar-refractivity contribution in [2.24, 2.45) is 0 Å². The maximum absolute atomic E-state index is 12.6. The molecular weight excluding hydrogens is 346 g/mol. The van der Waals surface area contributed by atoms with Crippen molar-refractivity contribution in [1.29, 1.82) is 0 Å². The number of pyridine rings is 1. The van der Waals surface area contributed by atoms with E-state index in [2.05, 4.69) is 20.3 Å². The zero-order valence-corrected chi connectivity index (χ0v) is 15.2. The van der Waals surface area contributed by atoms with Gasteiger partial charge >= 0.3 is 0 Å². The molecule has 3 aromatic rings. The van der Waals surface area contributed by atoms with Crippen molar-refractivity contribution >= 4 is 5.91 Å². The van der Waals surface area contributed by atoms with Gasteiger partial charge in [0.15, 0.2) is 0 Å². The Balaban J connectivity index is 1.31. The van der Waals surface area contributed by atoms with Crippen LogP contribution in [-0.4, -0.2) is 37.6 Å². The van der Waals surface area contributed by atoms with Gasteiger partial charge in [0.2, 0.25) is 17.6 Å². The van der Waals surface area contributed by atoms with Crippen LogP contribution in [0.1, 0.15) is 49.1 Å². The molecule has 1 amide bonds. The molecule has 1 aliphatic heterocycles. The Labute approximate surface area is 156 Å². The van der Waals surface area contributed by atoms with Crippen molar-refractivity contribution in [1.82, 2.24) is 25.2 Å². The molecule has 0 aromatic carbocycles. The molecule has 1 saturated heterocycles. The second kappa shape index (κ2) is 7.69. The maximum atomic E-state index is 12.6. The normalized spacial score (nSPS) is 16.8. The summed E-state index contributed by atoms with van der Waals surface area (Å²) in [5.41, 5.74) is 1.70. The van der Waals surface area contributed by atoms with Crippen LogP contribution in [0.3, 0.4) is 0 Å². The Bertz CT molecular complexity index is 905. The molecule has 140 valence electrons. The van der Waals surface area contributed by atoms with Gasteiger partial charge in [-0.3, -0.25) is 9.78 Å². The molecule has 8 heteroatoms. The highest BCUT2D eigenvalue weighted by atomic mass is 16.5. The predicted molar refractivity (Wildman–Crippen MR) is 95.4 cm³/mol. The summed E-state index contributed by atoms with van der Waals surface area (Å²) >= 11 is 0. The zero-order chi connectivity index (χ0) is 18.6. The van der Waals surface area contributed by atoms with E-state index in [9.17, 15) is 4.79 Å². The first kappa shape index (κ1) is 17.4. The monoisotopic (exact) mass is 367 g/mol. The van der Waals surface area contributed by atoms with Gasteiger partial charge in [-0.2, -0.15) is 4.98 Å². The fourth-order valence-electron chi connectivity index (χ4n) is 3.42. The molecule has 0 bridgehead atoms. The molecule has 1 aliphatic rings. The van der Waals surface area contributed by atoms with Gasteiger partial charge in [-0.25, -0.2) is 0 Å². The molecule has 0 radical (unpaired) electrons. The van der Waals surface area contributed by atoms with Gasteiger partial charge in [0.05, 0.1) is 6.04 Å². The molecule has 1 fully saturated rings. The van der Waals surface area contributed by atoms with E-state index in [1.165, 1.54) is 0 Å². The van der Waals surface area contributed by atoms with Crippen LogP contribution in [0.15, 0.2) is 39.6 Å². The van der Waals surface area contributed by atoms with Crippen molar-refractivity contribution < 1.29 is 13.8 Å². The fraction of sp³-hybridized carbons (Fsp3) is 0.421. The molecule has 0 spiro atoms. The third kappa shape index (κ3) is 3.89. The Kier molecular flexibility index (Phi) is 4.95. The number of hydrogen-bond acceptors (Lipinski definition) is 7. The first-order valence-corrected chi connectivity index (χ1v) is 9.16. The highest BCUT2D eigenvalue weighted by molar-refractivity contribution is 5.77. The van der Waals surface area contributed by atoms with E-state index in [1.807, 2.05) is 30.0 Å². The average molecular weight is 367 g/mol. The number of aromatic nitrogens is 4. The molecule has 0 aliphatic carbocycles. The number of rotatable bonds is 6. The SMILES string of the molecule is Cc1cc([C@H]2CCCN2C(=O)CCCc2nc(-c3ccncc3)no2)no1. The summed E-state index contributed by atoms with van der Waals surface area (Å²) in [7, 11) is 0. The number of carbonyl (C=O) groups is 1. The smallest absolute Gasteiger partial charge is 0.226 e. The molecule has 27 heavy (non-hydrogen) atoms. The predicted octanol–water partition coefficient (Wildman–Crippen LogP) is 3.11. The van der Waals surface area contributed by atoms with E-state index in [4.69, 9.17) is 9.05 Å². The lowest BCUT2D eigenvalue weighted by molar-refractivity contribution is -0.132. The van der Waals surface area contributed by atoms with Gasteiger partial charge < -0.3 is 13.9 Å². The van der Waals surface area contributed by atoms with Crippen LogP contribution in [0.2, 0.25) is 0 Å². The number of nitrogens with zero attached hydrogens (tertiary/aromatic N) is 5. The van der Waals surface area contributed by atoms with E-state index in [1.54, 1.807) is 12.4 Å². The standard InChI is InChI=1S/C19H21N5O3/c1-13-12-15(22-26-13)16-4-3-11-24(16)18(25)6-2-5-17-21-19(23-27-17)14-7-9-20-10-8-14/h7-10,12,16H,2-6,11H2,1H3/t16-/m1/s1. The largest absolute Gasteiger partial charge is 0.361 e. The van der Waals surface area contributed by atoms with E-state index in [-0.39, 0.29) is 11.9 Å². The summed E-state index contributed by atoms with van der Waals surface area (Å²) < 4.78 is 10.5. The van der Waals surface area contributed by atoms with Crippen LogP contribution in [-0.2, 0) is 11.2 Å². The first-order valence-electron chi connectivity index (χ1n) is 9.16. The molecule has 0 saturated carbocycles. The second-order valence-corrected chi connectivity index (χ2v) is 6.71. The third-order valence-electron chi connectivity index (χ3n) is 4.75. The molecule has 4 heterocycles. The van der Waals surface area contributed by atoms with Crippen molar-refractivity contribution in [2.45, 2.75) is 45.1 Å². The Morgan fingerprint density at radius 3 is 2.89 bits per heavy atom. The minimum Gasteiger partial charge on any atom is -0.361 e. The average Bonchev–Trinajstić information content (AvgIpc) is 3.42. The van der Waals surface area contributed by atoms with Gasteiger partial charge in [-0.05, 0) is 38.3 Å². The Morgan fingerprint density at radius 1 is 1.26 bits per heavy atom. The zero-order valence-electron chi connectivity index (χ0n) is 15.2. The van der Waals surface area contributed by atoms with Gasteiger partial charge in [-0.1, -0.05) is 10.3 Å². The van der Waals surface area contributed by atoms with E-state index in [0.29, 0.717) is 31.0 Å². The van der Waals surface area contributed by atoms with Crippen molar-refractivity contribution in [3.05, 3.63) is 47.9 Å². The maximum Gasteiger partial charge on any atom is 0.226 e. The number of aryl methyl sites for hydroxylation is 2. The topological polar surface area (TPSA) is 98.2 Å². The molecule has 4 rings (SSSR count). The highest BCUT2D eigenvalue weighted by Crippen LogP contribution is 2.32. The highest BCUT2D eigenvalue weighted by Gasteiger charge is 2.31. The van der Waals surface area contributed by atoms with Crippen LogP contribution in [0, 0.1) is 6.92 Å². The van der Waals surface area contributed by atoms with Crippen LogP contribution in [0.25, 0.3) is 11.4 Å². The van der Waals surface area contributed by atoms with Crippen LogP contribution >= 0.6 is 0 Å². The summed E-state index contributed by atoms with van der Waals surface area (Å²) in [6.45, 7) is 2.63. The lowest BCUT2D eigenvalue weighted by Crippen LogP contribution is -2.30. The van der Waals surface area contributed by atoms with E-state index >= 15 is 0 Å². The number of carbonyl (C=O) groups excluding carboxylic acids is 1. The Hall–Kier alpha value is -3.03. The lowest BCUT2D eigenvalue weighted by atomic mass is 10.1. The summed E-state index contributed by atoms with van der Waals surface area (Å²) in [5.74, 6) is 1.98. The second-order valence-electron chi connectivity index (χ2n) is 6.71. The van der Waals surface area contributed by atoms with Gasteiger partial charge in [-0.15, -0.1) is 0 Å². The molecule has 0 N–H and O–H groups in total. The quantitative estimate of drug-likeness (QED) is 0.660. The third-order valence-corrected chi connectivity index (χ3v) is 4.75. The molecular formula is C19H21N5O3. The van der Waals surface area contributed by atoms with Crippen molar-refractivity contribution in [3.8, 4) is 11.4 Å². The number of likely N-dealkylation sites (tertiary alicyclic amines) is 1. The molecule has 1 atom stereocenters. The van der Waals surface area contributed by atoms with E-state index < -0.39 is 0 Å². The van der Waals surface area contributed by atoms with Crippen LogP contribution < -0.4 is 0 Å². The van der Waals surface area contributed by atoms with Crippen LogP contribution in [0.4, 0.5) is 0 Å². The van der Waals surface area contributed by atoms with Crippen LogP contribution in [0.5, 0.6) is 0 Å².